The molecule has 104 valence electrons. The molecule has 0 radical (unpaired) electrons. The molecule has 0 aliphatic rings. The summed E-state index contributed by atoms with van der Waals surface area (Å²) in [4.78, 5) is 22.5. The summed E-state index contributed by atoms with van der Waals surface area (Å²) in [5, 5.41) is 0.596. The molecule has 0 aliphatic heterocycles. The summed E-state index contributed by atoms with van der Waals surface area (Å²) in [5.74, 6) is -0.141. The van der Waals surface area contributed by atoms with Crippen LogP contribution in [0.3, 0.4) is 0 Å². The normalized spacial score (nSPS) is 10.3. The van der Waals surface area contributed by atoms with E-state index in [1.165, 1.54) is 20.1 Å². The summed E-state index contributed by atoms with van der Waals surface area (Å²) < 4.78 is 15.3. The molecule has 0 unspecified atom stereocenters. The number of anilines is 1. The van der Waals surface area contributed by atoms with Crippen molar-refractivity contribution in [2.24, 2.45) is 0 Å². The molecule has 20 heavy (non-hydrogen) atoms. The highest BCUT2D eigenvalue weighted by molar-refractivity contribution is 5.90. The van der Waals surface area contributed by atoms with E-state index in [9.17, 15) is 9.59 Å². The summed E-state index contributed by atoms with van der Waals surface area (Å²) in [5.41, 5.74) is 5.49. The molecule has 2 N–H and O–H groups in total. The Balaban J connectivity index is 2.69. The van der Waals surface area contributed by atoms with Crippen LogP contribution in [0.1, 0.15) is 12.5 Å². The summed E-state index contributed by atoms with van der Waals surface area (Å²) in [6.45, 7) is 4.92. The Morgan fingerprint density at radius 3 is 2.70 bits per heavy atom. The van der Waals surface area contributed by atoms with Crippen molar-refractivity contribution in [1.82, 2.24) is 0 Å². The van der Waals surface area contributed by atoms with Gasteiger partial charge in [0.2, 0.25) is 0 Å². The molecule has 0 aliphatic carbocycles. The Bertz CT molecular complexity index is 760. The van der Waals surface area contributed by atoms with Crippen molar-refractivity contribution in [3.05, 3.63) is 40.8 Å². The van der Waals surface area contributed by atoms with Crippen LogP contribution in [0.5, 0.6) is 5.75 Å². The third-order valence-corrected chi connectivity index (χ3v) is 2.66. The lowest BCUT2D eigenvalue weighted by Crippen LogP contribution is -2.07. The second-order valence-corrected chi connectivity index (χ2v) is 4.07. The van der Waals surface area contributed by atoms with E-state index in [4.69, 9.17) is 19.6 Å². The third kappa shape index (κ3) is 2.35. The second kappa shape index (κ2) is 5.08. The van der Waals surface area contributed by atoms with Crippen molar-refractivity contribution >= 4 is 28.4 Å². The van der Waals surface area contributed by atoms with Crippen LogP contribution in [0.25, 0.3) is 16.7 Å². The number of nitrogens with two attached hydrogens (primary N) is 1. The van der Waals surface area contributed by atoms with E-state index in [1.807, 2.05) is 0 Å². The van der Waals surface area contributed by atoms with Crippen LogP contribution in [0, 0.1) is 0 Å². The second-order valence-electron chi connectivity index (χ2n) is 4.07. The zero-order chi connectivity index (χ0) is 14.9. The smallest absolute Gasteiger partial charge is 0.359 e. The van der Waals surface area contributed by atoms with E-state index >= 15 is 0 Å². The van der Waals surface area contributed by atoms with E-state index in [-0.39, 0.29) is 22.8 Å². The molecule has 0 spiro atoms. The van der Waals surface area contributed by atoms with Crippen LogP contribution in [0.15, 0.2) is 34.0 Å². The maximum Gasteiger partial charge on any atom is 0.359 e. The van der Waals surface area contributed by atoms with Gasteiger partial charge in [-0.3, -0.25) is 4.79 Å². The standard InChI is InChI=1S/C14H13NO5/c1-7(19-8(2)16)10-5-4-9-6-11(15)14(17)20-12(9)13(10)18-3/h4-6H,1,15H2,2-3H3. The molecule has 6 nitrogen and oxygen atoms in total. The first-order chi connectivity index (χ1) is 9.43. The van der Waals surface area contributed by atoms with E-state index in [2.05, 4.69) is 6.58 Å². The predicted octanol–water partition coefficient (Wildman–Crippen LogP) is 1.92. The fraction of sp³-hybridized carbons (Fsp3) is 0.143. The van der Waals surface area contributed by atoms with Crippen LogP contribution in [-0.2, 0) is 9.53 Å². The van der Waals surface area contributed by atoms with Gasteiger partial charge in [-0.2, -0.15) is 0 Å². The maximum atomic E-state index is 11.5. The van der Waals surface area contributed by atoms with Crippen LogP contribution < -0.4 is 16.1 Å². The van der Waals surface area contributed by atoms with E-state index in [0.29, 0.717) is 10.9 Å². The van der Waals surface area contributed by atoms with Gasteiger partial charge in [-0.25, -0.2) is 4.79 Å². The molecule has 1 heterocycles. The molecule has 0 fully saturated rings. The number of rotatable bonds is 3. The molecule has 0 atom stereocenters. The molecule has 1 aromatic heterocycles. The Morgan fingerprint density at radius 1 is 1.40 bits per heavy atom. The summed E-state index contributed by atoms with van der Waals surface area (Å²) in [6, 6.07) is 4.80. The van der Waals surface area contributed by atoms with Gasteiger partial charge < -0.3 is 19.6 Å². The number of hydrogen-bond donors (Lipinski definition) is 1. The Hall–Kier alpha value is -2.76. The van der Waals surface area contributed by atoms with Gasteiger partial charge in [-0.05, 0) is 12.1 Å². The van der Waals surface area contributed by atoms with Crippen LogP contribution in [0.4, 0.5) is 5.69 Å². The molecule has 6 heteroatoms. The molecule has 0 amide bonds. The van der Waals surface area contributed by atoms with E-state index in [0.717, 1.165) is 0 Å². The van der Waals surface area contributed by atoms with Gasteiger partial charge >= 0.3 is 11.6 Å². The molecule has 1 aromatic carbocycles. The van der Waals surface area contributed by atoms with Crippen LogP contribution in [0.2, 0.25) is 0 Å². The highest BCUT2D eigenvalue weighted by atomic mass is 16.5. The lowest BCUT2D eigenvalue weighted by atomic mass is 10.1. The highest BCUT2D eigenvalue weighted by Gasteiger charge is 2.16. The minimum Gasteiger partial charge on any atom is -0.492 e. The monoisotopic (exact) mass is 275 g/mol. The Morgan fingerprint density at radius 2 is 2.10 bits per heavy atom. The number of nitrogen functional groups attached to an aromatic ring is 1. The van der Waals surface area contributed by atoms with Crippen molar-refractivity contribution in [2.45, 2.75) is 6.92 Å². The van der Waals surface area contributed by atoms with Gasteiger partial charge in [0, 0.05) is 12.3 Å². The zero-order valence-corrected chi connectivity index (χ0v) is 11.1. The Kier molecular flexibility index (Phi) is 3.47. The molecule has 0 bridgehead atoms. The predicted molar refractivity (Wildman–Crippen MR) is 74.2 cm³/mol. The number of methoxy groups -OCH3 is 1. The first-order valence-electron chi connectivity index (χ1n) is 5.72. The van der Waals surface area contributed by atoms with Gasteiger partial charge in [0.15, 0.2) is 11.3 Å². The largest absolute Gasteiger partial charge is 0.492 e. The van der Waals surface area contributed by atoms with Crippen molar-refractivity contribution < 1.29 is 18.7 Å². The lowest BCUT2D eigenvalue weighted by molar-refractivity contribution is -0.134. The highest BCUT2D eigenvalue weighted by Crippen LogP contribution is 2.33. The first-order valence-corrected chi connectivity index (χ1v) is 5.72. The number of esters is 1. The van der Waals surface area contributed by atoms with E-state index in [1.54, 1.807) is 12.1 Å². The third-order valence-electron chi connectivity index (χ3n) is 2.66. The zero-order valence-electron chi connectivity index (χ0n) is 11.1. The molecule has 2 rings (SSSR count). The summed E-state index contributed by atoms with van der Waals surface area (Å²) >= 11 is 0. The minimum absolute atomic E-state index is 0.00566. The first kappa shape index (κ1) is 13.7. The maximum absolute atomic E-state index is 11.5. The molecular formula is C14H13NO5. The number of benzene rings is 1. The summed E-state index contributed by atoms with van der Waals surface area (Å²) in [6.07, 6.45) is 0. The molecular weight excluding hydrogens is 262 g/mol. The SMILES string of the molecule is C=C(OC(C)=O)c1ccc2cc(N)c(=O)oc2c1OC. The van der Waals surface area contributed by atoms with Crippen molar-refractivity contribution in [1.29, 1.82) is 0 Å². The fourth-order valence-corrected chi connectivity index (χ4v) is 1.83. The summed E-state index contributed by atoms with van der Waals surface area (Å²) in [7, 11) is 1.41. The van der Waals surface area contributed by atoms with Gasteiger partial charge in [0.25, 0.3) is 0 Å². The quantitative estimate of drug-likeness (QED) is 0.522. The van der Waals surface area contributed by atoms with Gasteiger partial charge in [-0.15, -0.1) is 0 Å². The number of hydrogen-bond acceptors (Lipinski definition) is 6. The number of ether oxygens (including phenoxy) is 2. The number of carbonyl (C=O) groups is 1. The van der Waals surface area contributed by atoms with Crippen molar-refractivity contribution in [2.75, 3.05) is 12.8 Å². The Labute approximate surface area is 114 Å². The van der Waals surface area contributed by atoms with Crippen LogP contribution >= 0.6 is 0 Å². The minimum atomic E-state index is -0.661. The molecule has 0 saturated carbocycles. The number of fused-ring (bicyclic) bond motifs is 1. The van der Waals surface area contributed by atoms with Gasteiger partial charge in [0.05, 0.1) is 12.7 Å². The average molecular weight is 275 g/mol. The van der Waals surface area contributed by atoms with Crippen molar-refractivity contribution in [3.8, 4) is 5.75 Å². The molecule has 0 saturated heterocycles. The number of carbonyl (C=O) groups excluding carboxylic acids is 1. The van der Waals surface area contributed by atoms with Gasteiger partial charge in [-0.1, -0.05) is 12.6 Å². The average Bonchev–Trinajstić information content (AvgIpc) is 2.38. The fourth-order valence-electron chi connectivity index (χ4n) is 1.83. The van der Waals surface area contributed by atoms with Crippen LogP contribution in [-0.4, -0.2) is 13.1 Å². The van der Waals surface area contributed by atoms with E-state index < -0.39 is 11.6 Å². The topological polar surface area (TPSA) is 91.8 Å². The molecule has 2 aromatic rings. The lowest BCUT2D eigenvalue weighted by Gasteiger charge is -2.12. The van der Waals surface area contributed by atoms with Crippen molar-refractivity contribution in [3.63, 3.8) is 0 Å². The van der Waals surface area contributed by atoms with Gasteiger partial charge in [0.1, 0.15) is 11.4 Å².